The first kappa shape index (κ1) is 36.5. The number of carbonyl (C=O) groups is 3. The van der Waals surface area contributed by atoms with Gasteiger partial charge in [0.15, 0.2) is 0 Å². The highest BCUT2D eigenvalue weighted by Crippen LogP contribution is 2.48. The van der Waals surface area contributed by atoms with Crippen LogP contribution in [0.15, 0.2) is 72.0 Å². The molecule has 3 fully saturated rings. The molecule has 3 aromatic heterocycles. The largest absolute Gasteiger partial charge is 0.393 e. The lowest BCUT2D eigenvalue weighted by Gasteiger charge is -2.42. The molecule has 0 radical (unpaired) electrons. The number of pyridine rings is 1. The summed E-state index contributed by atoms with van der Waals surface area (Å²) in [5, 5.41) is 14.0. The number of amides is 3. The van der Waals surface area contributed by atoms with Crippen molar-refractivity contribution in [3.05, 3.63) is 101 Å². The molecule has 8 rings (SSSR count). The number of anilines is 3. The second kappa shape index (κ2) is 14.7. The number of nitrogens with two attached hydrogens (primary N) is 2. The standard InChI is InChI=1S/C40H47N13O3/c1-22-17-33(49-37(45-22)24-13-14-24)48-32(41)18-31(34(42)38(54)43-3)46-28-10-7-9-26-27-19-44-53(35(27)23(2)50(4)36(26)28)25-20-52(21-25)40(56)30-12-8-11-29(47-30)39(55)51-15-5-6-16-51/h7-12,17-19,23-25,46H,5-6,13-16,20-21,41-42H2,1-4H3,(H,43,54)(H,45,48,49)/b32-18+,34-31+. The summed E-state index contributed by atoms with van der Waals surface area (Å²) in [4.78, 5) is 58.6. The van der Waals surface area contributed by atoms with E-state index >= 15 is 0 Å². The summed E-state index contributed by atoms with van der Waals surface area (Å²) in [6.45, 7) is 6.41. The lowest BCUT2D eigenvalue weighted by Crippen LogP contribution is -2.52. The van der Waals surface area contributed by atoms with Crippen LogP contribution >= 0.6 is 0 Å². The molecule has 2 saturated heterocycles. The number of fused-ring (bicyclic) bond motifs is 3. The summed E-state index contributed by atoms with van der Waals surface area (Å²) < 4.78 is 2.03. The summed E-state index contributed by atoms with van der Waals surface area (Å²) in [5.41, 5.74) is 19.1. The van der Waals surface area contributed by atoms with E-state index in [0.29, 0.717) is 41.9 Å². The molecule has 7 N–H and O–H groups in total. The minimum atomic E-state index is -0.465. The predicted molar refractivity (Wildman–Crippen MR) is 212 cm³/mol. The normalized spacial score (nSPS) is 18.5. The third-order valence-electron chi connectivity index (χ3n) is 11.0. The zero-order valence-corrected chi connectivity index (χ0v) is 32.0. The summed E-state index contributed by atoms with van der Waals surface area (Å²) in [6, 6.07) is 12.7. The molecule has 1 atom stereocenters. The molecule has 16 heteroatoms. The number of nitrogens with one attached hydrogen (secondary N) is 3. The molecule has 1 unspecified atom stereocenters. The van der Waals surface area contributed by atoms with E-state index in [1.54, 1.807) is 34.1 Å². The highest BCUT2D eigenvalue weighted by Gasteiger charge is 2.39. The van der Waals surface area contributed by atoms with E-state index < -0.39 is 5.91 Å². The molecule has 4 aliphatic rings. The third kappa shape index (κ3) is 6.86. The number of likely N-dealkylation sites (N-methyl/N-ethyl adjacent to an activating group) is 1. The number of aromatic nitrogens is 5. The second-order valence-electron chi connectivity index (χ2n) is 14.9. The lowest BCUT2D eigenvalue weighted by atomic mass is 9.93. The highest BCUT2D eigenvalue weighted by atomic mass is 16.2. The first-order chi connectivity index (χ1) is 27.0. The Bertz CT molecular complexity index is 2280. The number of nitrogens with zero attached hydrogens (tertiary/aromatic N) is 8. The van der Waals surface area contributed by atoms with Gasteiger partial charge in [-0.05, 0) is 57.7 Å². The van der Waals surface area contributed by atoms with Crippen molar-refractivity contribution in [3.8, 4) is 11.1 Å². The number of hydrogen-bond acceptors (Lipinski definition) is 12. The van der Waals surface area contributed by atoms with Gasteiger partial charge >= 0.3 is 0 Å². The SMILES string of the molecule is CNC(=O)/C(N)=C(/C=C(\N)Nc1cc(C)nc(C2CC2)n1)Nc1cccc2c1N(C)C(C)c1c-2cnn1C1CN(C(=O)c2cccc(C(=O)N3CCCC3)n2)C1. The van der Waals surface area contributed by atoms with Crippen LogP contribution in [0.3, 0.4) is 0 Å². The van der Waals surface area contributed by atoms with E-state index in [1.165, 1.54) is 7.05 Å². The van der Waals surface area contributed by atoms with Crippen molar-refractivity contribution in [1.29, 1.82) is 0 Å². The molecule has 56 heavy (non-hydrogen) atoms. The molecule has 3 amide bonds. The molecular formula is C40H47N13O3. The first-order valence-electron chi connectivity index (χ1n) is 19.1. The number of benzene rings is 1. The number of hydrogen-bond donors (Lipinski definition) is 5. The van der Waals surface area contributed by atoms with Crippen LogP contribution in [0.1, 0.15) is 88.8 Å². The van der Waals surface area contributed by atoms with E-state index in [1.807, 2.05) is 49.1 Å². The third-order valence-corrected chi connectivity index (χ3v) is 11.0. The molecule has 6 heterocycles. The van der Waals surface area contributed by atoms with Gasteiger partial charge in [0, 0.05) is 75.2 Å². The summed E-state index contributed by atoms with van der Waals surface area (Å²) in [5.74, 6) is 1.17. The van der Waals surface area contributed by atoms with Crippen molar-refractivity contribution < 1.29 is 14.4 Å². The minimum absolute atomic E-state index is 0.0302. The van der Waals surface area contributed by atoms with E-state index in [4.69, 9.17) is 16.6 Å². The summed E-state index contributed by atoms with van der Waals surface area (Å²) in [7, 11) is 3.53. The fraction of sp³-hybridized carbons (Fsp3) is 0.375. The molecule has 4 aromatic rings. The first-order valence-corrected chi connectivity index (χ1v) is 19.1. The summed E-state index contributed by atoms with van der Waals surface area (Å²) >= 11 is 0. The van der Waals surface area contributed by atoms with Crippen LogP contribution in [0.25, 0.3) is 11.1 Å². The average Bonchev–Trinajstić information content (AvgIpc) is 3.70. The van der Waals surface area contributed by atoms with Crippen molar-refractivity contribution in [2.75, 3.05) is 55.8 Å². The van der Waals surface area contributed by atoms with E-state index in [0.717, 1.165) is 72.8 Å². The number of likely N-dealkylation sites (tertiary alicyclic amines) is 2. The fourth-order valence-electron chi connectivity index (χ4n) is 7.70. The number of aryl methyl sites for hydroxylation is 1. The van der Waals surface area contributed by atoms with E-state index in [9.17, 15) is 14.4 Å². The van der Waals surface area contributed by atoms with Gasteiger partial charge in [0.25, 0.3) is 17.7 Å². The van der Waals surface area contributed by atoms with Gasteiger partial charge in [0.1, 0.15) is 34.5 Å². The Hall–Kier alpha value is -6.45. The monoisotopic (exact) mass is 757 g/mol. The van der Waals surface area contributed by atoms with E-state index in [-0.39, 0.29) is 41.1 Å². The molecule has 0 spiro atoms. The van der Waals surface area contributed by atoms with Crippen LogP contribution in [0.4, 0.5) is 17.2 Å². The van der Waals surface area contributed by atoms with Gasteiger partial charge in [0.2, 0.25) is 0 Å². The van der Waals surface area contributed by atoms with Crippen LogP contribution in [0.5, 0.6) is 0 Å². The molecule has 290 valence electrons. The van der Waals surface area contributed by atoms with Gasteiger partial charge < -0.3 is 42.1 Å². The Balaban J connectivity index is 1.02. The Morgan fingerprint density at radius 3 is 2.29 bits per heavy atom. The maximum Gasteiger partial charge on any atom is 0.272 e. The maximum absolute atomic E-state index is 13.5. The molecule has 1 aliphatic carbocycles. The van der Waals surface area contributed by atoms with Crippen molar-refractivity contribution in [2.45, 2.75) is 57.5 Å². The fourth-order valence-corrected chi connectivity index (χ4v) is 7.70. The number of allylic oxidation sites excluding steroid dienone is 1. The molecule has 1 aromatic carbocycles. The summed E-state index contributed by atoms with van der Waals surface area (Å²) in [6.07, 6.45) is 7.58. The van der Waals surface area contributed by atoms with Crippen LogP contribution in [0, 0.1) is 6.92 Å². The predicted octanol–water partition coefficient (Wildman–Crippen LogP) is 3.61. The van der Waals surface area contributed by atoms with Gasteiger partial charge in [-0.25, -0.2) is 15.0 Å². The van der Waals surface area contributed by atoms with Gasteiger partial charge in [-0.2, -0.15) is 5.10 Å². The van der Waals surface area contributed by atoms with Gasteiger partial charge in [-0.15, -0.1) is 0 Å². The molecule has 1 saturated carbocycles. The van der Waals surface area contributed by atoms with Crippen molar-refractivity contribution in [1.82, 2.24) is 39.8 Å². The minimum Gasteiger partial charge on any atom is -0.393 e. The Morgan fingerprint density at radius 2 is 1.59 bits per heavy atom. The zero-order chi connectivity index (χ0) is 39.2. The van der Waals surface area contributed by atoms with Crippen LogP contribution in [0.2, 0.25) is 0 Å². The van der Waals surface area contributed by atoms with Gasteiger partial charge in [-0.1, -0.05) is 18.2 Å². The maximum atomic E-state index is 13.5. The number of rotatable bonds is 10. The lowest BCUT2D eigenvalue weighted by molar-refractivity contribution is -0.117. The van der Waals surface area contributed by atoms with Crippen molar-refractivity contribution in [2.24, 2.45) is 11.5 Å². The zero-order valence-electron chi connectivity index (χ0n) is 32.0. The average molecular weight is 758 g/mol. The highest BCUT2D eigenvalue weighted by molar-refractivity contribution is 5.97. The molecule has 3 aliphatic heterocycles. The topological polar surface area (TPSA) is 206 Å². The van der Waals surface area contributed by atoms with Gasteiger partial charge in [0.05, 0.1) is 41.0 Å². The Morgan fingerprint density at radius 1 is 0.893 bits per heavy atom. The second-order valence-corrected chi connectivity index (χ2v) is 14.9. The Labute approximate surface area is 325 Å². The molecular weight excluding hydrogens is 711 g/mol. The number of para-hydroxylation sites is 1. The Kier molecular flexibility index (Phi) is 9.56. The van der Waals surface area contributed by atoms with Gasteiger partial charge in [-0.3, -0.25) is 19.1 Å². The van der Waals surface area contributed by atoms with Crippen LogP contribution < -0.4 is 32.3 Å². The molecule has 16 nitrogen and oxygen atoms in total. The van der Waals surface area contributed by atoms with Crippen molar-refractivity contribution in [3.63, 3.8) is 0 Å². The van der Waals surface area contributed by atoms with E-state index in [2.05, 4.69) is 42.7 Å². The number of carbonyl (C=O) groups excluding carboxylic acids is 3. The van der Waals surface area contributed by atoms with Crippen LogP contribution in [-0.4, -0.2) is 92.5 Å². The quantitative estimate of drug-likeness (QED) is 0.116. The molecule has 0 bridgehead atoms. The smallest absolute Gasteiger partial charge is 0.272 e. The van der Waals surface area contributed by atoms with Crippen LogP contribution in [-0.2, 0) is 4.79 Å². The van der Waals surface area contributed by atoms with Crippen molar-refractivity contribution >= 4 is 34.9 Å².